The van der Waals surface area contributed by atoms with Crippen LogP contribution in [0.5, 0.6) is 0 Å². The minimum absolute atomic E-state index is 0.506. The van der Waals surface area contributed by atoms with Crippen molar-refractivity contribution in [2.75, 3.05) is 33.4 Å². The van der Waals surface area contributed by atoms with Crippen LogP contribution in [0.15, 0.2) is 0 Å². The maximum atomic E-state index is 5.27. The minimum atomic E-state index is 0.506. The van der Waals surface area contributed by atoms with Crippen LogP contribution in [0.2, 0.25) is 0 Å². The zero-order chi connectivity index (χ0) is 9.36. The molecule has 78 valence electrons. The molecule has 1 aliphatic rings. The van der Waals surface area contributed by atoms with Gasteiger partial charge >= 0.3 is 0 Å². The van der Waals surface area contributed by atoms with Crippen molar-refractivity contribution in [2.24, 2.45) is 0 Å². The van der Waals surface area contributed by atoms with E-state index in [1.807, 2.05) is 0 Å². The second kappa shape index (κ2) is 7.26. The van der Waals surface area contributed by atoms with Crippen molar-refractivity contribution in [1.82, 2.24) is 10.8 Å². The summed E-state index contributed by atoms with van der Waals surface area (Å²) in [6.45, 7) is 3.50. The lowest BCUT2D eigenvalue weighted by molar-refractivity contribution is -0.0138. The van der Waals surface area contributed by atoms with Gasteiger partial charge in [-0.05, 0) is 32.4 Å². The van der Waals surface area contributed by atoms with E-state index in [0.717, 1.165) is 19.5 Å². The van der Waals surface area contributed by atoms with E-state index in [0.29, 0.717) is 19.3 Å². The Bertz CT molecular complexity index is 114. The average molecular weight is 188 g/mol. The van der Waals surface area contributed by atoms with E-state index in [-0.39, 0.29) is 0 Å². The standard InChI is InChI=1S/C9H20N2O2/c1-12-7-8-13-11-9-3-2-5-10-6-4-9/h9-11H,2-8H2,1H3. The van der Waals surface area contributed by atoms with Crippen LogP contribution in [0.3, 0.4) is 0 Å². The van der Waals surface area contributed by atoms with E-state index >= 15 is 0 Å². The molecule has 0 amide bonds. The number of rotatable bonds is 5. The number of hydrogen-bond acceptors (Lipinski definition) is 4. The summed E-state index contributed by atoms with van der Waals surface area (Å²) in [5, 5.41) is 3.36. The quantitative estimate of drug-likeness (QED) is 0.481. The van der Waals surface area contributed by atoms with Gasteiger partial charge in [0.05, 0.1) is 13.2 Å². The maximum Gasteiger partial charge on any atom is 0.0915 e. The zero-order valence-corrected chi connectivity index (χ0v) is 8.34. The van der Waals surface area contributed by atoms with Crippen molar-refractivity contribution >= 4 is 0 Å². The number of hydrogen-bond donors (Lipinski definition) is 2. The van der Waals surface area contributed by atoms with Gasteiger partial charge in [-0.3, -0.25) is 4.84 Å². The first kappa shape index (κ1) is 10.9. The Balaban J connectivity index is 1.98. The summed E-state index contributed by atoms with van der Waals surface area (Å²) in [6.07, 6.45) is 3.57. The molecule has 0 aliphatic carbocycles. The first-order chi connectivity index (χ1) is 6.43. The molecule has 4 heteroatoms. The topological polar surface area (TPSA) is 42.5 Å². The fourth-order valence-electron chi connectivity index (χ4n) is 1.44. The largest absolute Gasteiger partial charge is 0.382 e. The van der Waals surface area contributed by atoms with Crippen molar-refractivity contribution in [2.45, 2.75) is 25.3 Å². The lowest BCUT2D eigenvalue weighted by atomic mass is 10.1. The number of nitrogens with one attached hydrogen (secondary N) is 2. The summed E-state index contributed by atoms with van der Waals surface area (Å²) in [5.41, 5.74) is 3.08. The molecule has 4 nitrogen and oxygen atoms in total. The van der Waals surface area contributed by atoms with Crippen LogP contribution >= 0.6 is 0 Å². The fraction of sp³-hybridized carbons (Fsp3) is 1.00. The van der Waals surface area contributed by atoms with E-state index in [4.69, 9.17) is 9.57 Å². The van der Waals surface area contributed by atoms with E-state index in [1.54, 1.807) is 7.11 Å². The van der Waals surface area contributed by atoms with Crippen LogP contribution in [0.1, 0.15) is 19.3 Å². The van der Waals surface area contributed by atoms with Gasteiger partial charge in [0.2, 0.25) is 0 Å². The maximum absolute atomic E-state index is 5.27. The van der Waals surface area contributed by atoms with Crippen molar-refractivity contribution in [3.63, 3.8) is 0 Å². The first-order valence-corrected chi connectivity index (χ1v) is 5.00. The number of ether oxygens (including phenoxy) is 1. The molecule has 1 rings (SSSR count). The predicted octanol–water partition coefficient (Wildman–Crippen LogP) is 0.296. The normalized spacial score (nSPS) is 24.2. The molecule has 0 radical (unpaired) electrons. The van der Waals surface area contributed by atoms with Gasteiger partial charge < -0.3 is 10.1 Å². The average Bonchev–Trinajstić information content (AvgIpc) is 2.41. The highest BCUT2D eigenvalue weighted by molar-refractivity contribution is 4.68. The molecule has 1 unspecified atom stereocenters. The van der Waals surface area contributed by atoms with E-state index in [9.17, 15) is 0 Å². The second-order valence-corrected chi connectivity index (χ2v) is 3.34. The predicted molar refractivity (Wildman–Crippen MR) is 51.5 cm³/mol. The summed E-state index contributed by atoms with van der Waals surface area (Å²) >= 11 is 0. The van der Waals surface area contributed by atoms with Crippen LogP contribution < -0.4 is 10.8 Å². The zero-order valence-electron chi connectivity index (χ0n) is 8.34. The summed E-state index contributed by atoms with van der Waals surface area (Å²) in [7, 11) is 1.68. The molecular weight excluding hydrogens is 168 g/mol. The molecule has 13 heavy (non-hydrogen) atoms. The molecule has 0 aromatic rings. The summed E-state index contributed by atoms with van der Waals surface area (Å²) in [6, 6.07) is 0.506. The third-order valence-corrected chi connectivity index (χ3v) is 2.22. The first-order valence-electron chi connectivity index (χ1n) is 5.00. The molecule has 1 saturated heterocycles. The number of methoxy groups -OCH3 is 1. The van der Waals surface area contributed by atoms with E-state index < -0.39 is 0 Å². The van der Waals surface area contributed by atoms with Crippen LogP contribution in [0, 0.1) is 0 Å². The molecule has 2 N–H and O–H groups in total. The van der Waals surface area contributed by atoms with Crippen molar-refractivity contribution in [3.8, 4) is 0 Å². The summed E-state index contributed by atoms with van der Waals surface area (Å²) in [4.78, 5) is 5.27. The Morgan fingerprint density at radius 1 is 1.31 bits per heavy atom. The van der Waals surface area contributed by atoms with Gasteiger partial charge in [0, 0.05) is 13.2 Å². The molecule has 1 fully saturated rings. The van der Waals surface area contributed by atoms with Gasteiger partial charge in [0.25, 0.3) is 0 Å². The lowest BCUT2D eigenvalue weighted by Crippen LogP contribution is -2.31. The molecule has 1 heterocycles. The van der Waals surface area contributed by atoms with E-state index in [1.165, 1.54) is 12.8 Å². The fourth-order valence-corrected chi connectivity index (χ4v) is 1.44. The van der Waals surface area contributed by atoms with Crippen LogP contribution in [-0.2, 0) is 9.57 Å². The third-order valence-electron chi connectivity index (χ3n) is 2.22. The Kier molecular flexibility index (Phi) is 6.10. The summed E-state index contributed by atoms with van der Waals surface area (Å²) in [5.74, 6) is 0. The Labute approximate surface area is 79.9 Å². The Morgan fingerprint density at radius 3 is 3.08 bits per heavy atom. The third kappa shape index (κ3) is 5.21. The highest BCUT2D eigenvalue weighted by atomic mass is 16.7. The van der Waals surface area contributed by atoms with Gasteiger partial charge in [-0.15, -0.1) is 0 Å². The van der Waals surface area contributed by atoms with Crippen LogP contribution in [-0.4, -0.2) is 39.5 Å². The van der Waals surface area contributed by atoms with Crippen LogP contribution in [0.4, 0.5) is 0 Å². The van der Waals surface area contributed by atoms with Crippen molar-refractivity contribution in [1.29, 1.82) is 0 Å². The molecule has 0 bridgehead atoms. The Hall–Kier alpha value is -0.160. The minimum Gasteiger partial charge on any atom is -0.382 e. The van der Waals surface area contributed by atoms with Gasteiger partial charge in [-0.2, -0.15) is 5.48 Å². The molecular formula is C9H20N2O2. The van der Waals surface area contributed by atoms with E-state index in [2.05, 4.69) is 10.8 Å². The molecule has 0 aromatic carbocycles. The molecule has 0 saturated carbocycles. The van der Waals surface area contributed by atoms with Gasteiger partial charge in [0.1, 0.15) is 0 Å². The second-order valence-electron chi connectivity index (χ2n) is 3.34. The smallest absolute Gasteiger partial charge is 0.0915 e. The number of hydroxylamine groups is 1. The molecule has 0 aromatic heterocycles. The molecule has 1 aliphatic heterocycles. The van der Waals surface area contributed by atoms with Gasteiger partial charge in [-0.1, -0.05) is 0 Å². The monoisotopic (exact) mass is 188 g/mol. The molecule has 0 spiro atoms. The summed E-state index contributed by atoms with van der Waals surface area (Å²) < 4.78 is 4.88. The van der Waals surface area contributed by atoms with Crippen LogP contribution in [0.25, 0.3) is 0 Å². The Morgan fingerprint density at radius 2 is 2.23 bits per heavy atom. The van der Waals surface area contributed by atoms with Crippen molar-refractivity contribution in [3.05, 3.63) is 0 Å². The van der Waals surface area contributed by atoms with Gasteiger partial charge in [0.15, 0.2) is 0 Å². The highest BCUT2D eigenvalue weighted by Crippen LogP contribution is 2.04. The van der Waals surface area contributed by atoms with Crippen molar-refractivity contribution < 1.29 is 9.57 Å². The SMILES string of the molecule is COCCONC1CCCNCC1. The molecule has 1 atom stereocenters. The highest BCUT2D eigenvalue weighted by Gasteiger charge is 2.10. The lowest BCUT2D eigenvalue weighted by Gasteiger charge is -2.15. The van der Waals surface area contributed by atoms with Gasteiger partial charge in [-0.25, -0.2) is 0 Å².